The summed E-state index contributed by atoms with van der Waals surface area (Å²) < 4.78 is 6.19. The highest BCUT2D eigenvalue weighted by atomic mass is 16.5. The number of amides is 1. The Morgan fingerprint density at radius 2 is 1.70 bits per heavy atom. The van der Waals surface area contributed by atoms with E-state index in [4.69, 9.17) is 4.74 Å². The zero-order chi connectivity index (χ0) is 42.0. The number of hydrogen-bond donors (Lipinski definition) is 2. The van der Waals surface area contributed by atoms with Gasteiger partial charge in [-0.2, -0.15) is 0 Å². The van der Waals surface area contributed by atoms with Crippen LogP contribution in [0.2, 0.25) is 0 Å². The van der Waals surface area contributed by atoms with Crippen LogP contribution in [0, 0.1) is 62.6 Å². The molecule has 1 aromatic heterocycles. The molecule has 1 amide bonds. The second kappa shape index (κ2) is 15.5. The summed E-state index contributed by atoms with van der Waals surface area (Å²) in [6.45, 7) is 20.2. The summed E-state index contributed by atoms with van der Waals surface area (Å²) in [5.74, 6) is -0.425. The number of carboxylic acids is 1. The highest BCUT2D eigenvalue weighted by molar-refractivity contribution is 6.00. The van der Waals surface area contributed by atoms with E-state index >= 15 is 0 Å². The number of aliphatic hydroxyl groups excluding tert-OH is 1. The number of aliphatic carboxylic acids is 1. The third-order valence-corrected chi connectivity index (χ3v) is 16.6. The number of likely N-dealkylation sites (N-methyl/N-ethyl adjacent to an activating group) is 1. The Hall–Kier alpha value is -3.11. The molecular formula is C47H71N3O7. The zero-order valence-corrected chi connectivity index (χ0v) is 36.7. The van der Waals surface area contributed by atoms with Gasteiger partial charge in [0.15, 0.2) is 5.78 Å². The maximum absolute atomic E-state index is 14.0. The summed E-state index contributed by atoms with van der Waals surface area (Å²) in [6.07, 6.45) is 9.20. The van der Waals surface area contributed by atoms with Crippen LogP contribution in [-0.2, 0) is 30.5 Å². The quantitative estimate of drug-likeness (QED) is 0.205. The number of carboxylic acid groups (broad SMARTS) is 1. The molecule has 0 aliphatic heterocycles. The number of carbonyl (C=O) groups excluding carboxylic acids is 3. The van der Waals surface area contributed by atoms with E-state index in [0.717, 1.165) is 56.1 Å². The number of allylic oxidation sites excluding steroid dienone is 2. The first-order valence-electron chi connectivity index (χ1n) is 21.7. The zero-order valence-electron chi connectivity index (χ0n) is 36.7. The Bertz CT molecular complexity index is 1750. The predicted octanol–water partition coefficient (Wildman–Crippen LogP) is 7.58. The maximum Gasteiger partial charge on any atom is 0.309 e. The molecule has 4 saturated carbocycles. The van der Waals surface area contributed by atoms with Gasteiger partial charge in [0.05, 0.1) is 24.5 Å². The molecule has 4 fully saturated rings. The fourth-order valence-corrected chi connectivity index (χ4v) is 13.6. The molecule has 2 N–H and O–H groups in total. The smallest absolute Gasteiger partial charge is 0.309 e. The van der Waals surface area contributed by atoms with Gasteiger partial charge in [0.25, 0.3) is 0 Å². The molecule has 10 nitrogen and oxygen atoms in total. The summed E-state index contributed by atoms with van der Waals surface area (Å²) >= 11 is 0. The molecule has 10 atom stereocenters. The van der Waals surface area contributed by atoms with Crippen molar-refractivity contribution in [3.05, 3.63) is 41.2 Å². The fraction of sp³-hybridized carbons (Fsp3) is 0.766. The molecule has 2 unspecified atom stereocenters. The van der Waals surface area contributed by atoms with Crippen LogP contribution >= 0.6 is 0 Å². The third kappa shape index (κ3) is 7.53. The molecule has 0 spiro atoms. The van der Waals surface area contributed by atoms with Gasteiger partial charge in [-0.3, -0.25) is 24.2 Å². The van der Waals surface area contributed by atoms with E-state index in [1.807, 2.05) is 31.1 Å². The van der Waals surface area contributed by atoms with E-state index in [9.17, 15) is 29.4 Å². The molecule has 0 bridgehead atoms. The van der Waals surface area contributed by atoms with Crippen molar-refractivity contribution >= 4 is 23.6 Å². The molecule has 10 heteroatoms. The molecule has 0 saturated heterocycles. The third-order valence-electron chi connectivity index (χ3n) is 16.6. The lowest BCUT2D eigenvalue weighted by Crippen LogP contribution is -2.66. The van der Waals surface area contributed by atoms with Gasteiger partial charge in [0.1, 0.15) is 6.10 Å². The topological polar surface area (TPSA) is 137 Å². The summed E-state index contributed by atoms with van der Waals surface area (Å²) in [5.41, 5.74) is 1.43. The Morgan fingerprint density at radius 3 is 2.32 bits per heavy atom. The van der Waals surface area contributed by atoms with Crippen LogP contribution in [0.3, 0.4) is 0 Å². The number of rotatable bonds is 12. The molecule has 0 radical (unpaired) electrons. The minimum atomic E-state index is -1.19. The molecule has 0 aromatic carbocycles. The Morgan fingerprint density at radius 1 is 1.00 bits per heavy atom. The van der Waals surface area contributed by atoms with Gasteiger partial charge < -0.3 is 24.7 Å². The Kier molecular flexibility index (Phi) is 11.8. The van der Waals surface area contributed by atoms with Crippen LogP contribution in [0.1, 0.15) is 126 Å². The van der Waals surface area contributed by atoms with E-state index in [0.29, 0.717) is 24.8 Å². The lowest BCUT2D eigenvalue weighted by atomic mass is 9.33. The van der Waals surface area contributed by atoms with Gasteiger partial charge in [-0.05, 0) is 142 Å². The minimum absolute atomic E-state index is 0.0153. The number of esters is 1. The van der Waals surface area contributed by atoms with E-state index in [1.54, 1.807) is 31.1 Å². The van der Waals surface area contributed by atoms with Crippen LogP contribution in [0.25, 0.3) is 0 Å². The number of ether oxygens (including phenoxy) is 1. The summed E-state index contributed by atoms with van der Waals surface area (Å²) in [4.78, 5) is 60.7. The van der Waals surface area contributed by atoms with E-state index in [1.165, 1.54) is 5.57 Å². The van der Waals surface area contributed by atoms with Crippen LogP contribution in [0.5, 0.6) is 0 Å². The molecule has 6 rings (SSSR count). The second-order valence-corrected chi connectivity index (χ2v) is 21.4. The van der Waals surface area contributed by atoms with Crippen LogP contribution < -0.4 is 0 Å². The first-order valence-corrected chi connectivity index (χ1v) is 21.7. The number of fused-ring (bicyclic) bond motifs is 7. The van der Waals surface area contributed by atoms with Gasteiger partial charge in [-0.1, -0.05) is 60.1 Å². The van der Waals surface area contributed by atoms with Gasteiger partial charge in [-0.15, -0.1) is 0 Å². The number of carbonyl (C=O) groups is 4. The fourth-order valence-electron chi connectivity index (χ4n) is 13.6. The van der Waals surface area contributed by atoms with Crippen molar-refractivity contribution in [2.24, 2.45) is 62.6 Å². The normalized spacial score (nSPS) is 35.2. The summed E-state index contributed by atoms with van der Waals surface area (Å²) in [7, 11) is 3.76. The number of Topliss-reactive ketones (excluding diaryl/α,β-unsaturated/α-hetero) is 1. The minimum Gasteiger partial charge on any atom is -0.481 e. The van der Waals surface area contributed by atoms with Gasteiger partial charge >= 0.3 is 11.9 Å². The summed E-state index contributed by atoms with van der Waals surface area (Å²) in [6, 6.07) is 3.83. The lowest BCUT2D eigenvalue weighted by molar-refractivity contribution is -0.237. The lowest BCUT2D eigenvalue weighted by Gasteiger charge is -2.72. The number of nitrogens with zero attached hydrogens (tertiary/aromatic N) is 3. The second-order valence-electron chi connectivity index (χ2n) is 21.4. The SMILES string of the molecule is CC(C)C1=C2C(CC1=O)C([C@@H](O)CN(Cc1cccnc1)C(=O)CN(C)C)C[C@]1(C)[C@@H]2CC[C@@H]2[C@@]3(C)CC[C@H](OC(=O)CC(C)(C)C(=O)O)C(C)(C)[C@@H]3CC[C@]21C. The predicted molar refractivity (Wildman–Crippen MR) is 219 cm³/mol. The van der Waals surface area contributed by atoms with Crippen molar-refractivity contribution in [1.29, 1.82) is 0 Å². The maximum atomic E-state index is 14.0. The molecule has 5 aliphatic carbocycles. The van der Waals surface area contributed by atoms with Crippen molar-refractivity contribution < 1.29 is 34.1 Å². The van der Waals surface area contributed by atoms with Crippen molar-refractivity contribution in [2.45, 2.75) is 139 Å². The number of aliphatic hydroxyl groups is 1. The van der Waals surface area contributed by atoms with Gasteiger partial charge in [-0.25, -0.2) is 0 Å². The first-order chi connectivity index (χ1) is 26.5. The van der Waals surface area contributed by atoms with Crippen molar-refractivity contribution in [3.63, 3.8) is 0 Å². The van der Waals surface area contributed by atoms with Crippen LogP contribution in [0.15, 0.2) is 35.7 Å². The molecule has 316 valence electrons. The van der Waals surface area contributed by atoms with Crippen molar-refractivity contribution in [1.82, 2.24) is 14.8 Å². The van der Waals surface area contributed by atoms with Gasteiger partial charge in [0.2, 0.25) is 5.91 Å². The highest BCUT2D eigenvalue weighted by Crippen LogP contribution is 2.76. The number of ketones is 1. The first kappa shape index (κ1) is 43.5. The molecular weight excluding hydrogens is 719 g/mol. The Labute approximate surface area is 341 Å². The highest BCUT2D eigenvalue weighted by Gasteiger charge is 2.70. The van der Waals surface area contributed by atoms with Crippen molar-refractivity contribution in [2.75, 3.05) is 27.2 Å². The van der Waals surface area contributed by atoms with Crippen molar-refractivity contribution in [3.8, 4) is 0 Å². The number of hydrogen-bond acceptors (Lipinski definition) is 8. The average molecular weight is 790 g/mol. The van der Waals surface area contributed by atoms with E-state index in [2.05, 4.69) is 53.5 Å². The largest absolute Gasteiger partial charge is 0.481 e. The Balaban J connectivity index is 1.32. The standard InChI is InChI=1S/C47H71N3O7/c1-28(2)40-33(51)21-30-31(34(52)26-50(38(53)27-49(10)11)25-29-13-12-20-48-24-29)22-47(9)32(41(30)40)14-15-36-45(7)18-17-37(57-39(54)23-43(3,4)42(55)56)44(5,6)35(45)16-19-46(36,47)8/h12-13,20,24,28,30-32,34-37,52H,14-19,21-23,25-27H2,1-11H3,(H,55,56)/t30?,31?,32-,34+,35+,36-,37+,45+,46-,47-/m1/s1. The average Bonchev–Trinajstić information content (AvgIpc) is 3.45. The van der Waals surface area contributed by atoms with Crippen LogP contribution in [-0.4, -0.2) is 88.0 Å². The monoisotopic (exact) mass is 790 g/mol. The van der Waals surface area contributed by atoms with E-state index < -0.39 is 23.5 Å². The number of aromatic nitrogens is 1. The van der Waals surface area contributed by atoms with Crippen LogP contribution in [0.4, 0.5) is 0 Å². The molecule has 1 heterocycles. The molecule has 5 aliphatic rings. The van der Waals surface area contributed by atoms with E-state index in [-0.39, 0.29) is 82.6 Å². The van der Waals surface area contributed by atoms with Gasteiger partial charge in [0, 0.05) is 37.3 Å². The summed E-state index contributed by atoms with van der Waals surface area (Å²) in [5, 5.41) is 22.2. The number of pyridine rings is 1. The molecule has 1 aromatic rings. The molecule has 57 heavy (non-hydrogen) atoms.